The summed E-state index contributed by atoms with van der Waals surface area (Å²) in [5.74, 6) is 0. The van der Waals surface area contributed by atoms with E-state index < -0.39 is 0 Å². The zero-order valence-corrected chi connectivity index (χ0v) is 11.7. The first-order chi connectivity index (χ1) is 8.75. The molecule has 3 heteroatoms. The molecule has 2 rings (SSSR count). The minimum absolute atomic E-state index is 0.996. The smallest absolute Gasteiger partial charge is 0.0367 e. The van der Waals surface area contributed by atoms with Gasteiger partial charge < -0.3 is 15.1 Å². The van der Waals surface area contributed by atoms with Gasteiger partial charge in [-0.1, -0.05) is 0 Å². The predicted molar refractivity (Wildman–Crippen MR) is 79.5 cm³/mol. The van der Waals surface area contributed by atoms with Crippen LogP contribution in [0.1, 0.15) is 19.3 Å². The maximum absolute atomic E-state index is 3.45. The fourth-order valence-electron chi connectivity index (χ4n) is 2.37. The van der Waals surface area contributed by atoms with Crippen LogP contribution in [-0.4, -0.2) is 45.2 Å². The van der Waals surface area contributed by atoms with Crippen LogP contribution in [0.25, 0.3) is 0 Å². The zero-order valence-electron chi connectivity index (χ0n) is 11.7. The number of nitrogens with zero attached hydrogens (tertiary/aromatic N) is 2. The largest absolute Gasteiger partial charge is 0.384 e. The first-order valence-electron chi connectivity index (χ1n) is 6.99. The average molecular weight is 247 g/mol. The second-order valence-corrected chi connectivity index (χ2v) is 5.32. The summed E-state index contributed by atoms with van der Waals surface area (Å²) in [6.45, 7) is 4.49. The lowest BCUT2D eigenvalue weighted by Gasteiger charge is -2.28. The SMILES string of the molecule is CN(C)CCNc1ccc(N2CCCCC2)cc1. The third kappa shape index (κ3) is 3.91. The number of anilines is 2. The van der Waals surface area contributed by atoms with Gasteiger partial charge in [0.1, 0.15) is 0 Å². The second kappa shape index (κ2) is 6.64. The predicted octanol–water partition coefficient (Wildman–Crippen LogP) is 2.65. The standard InChI is InChI=1S/C15H25N3/c1-17(2)13-10-16-14-6-8-15(9-7-14)18-11-4-3-5-12-18/h6-9,16H,3-5,10-13H2,1-2H3. The molecule has 0 aliphatic carbocycles. The molecule has 18 heavy (non-hydrogen) atoms. The van der Waals surface area contributed by atoms with Crippen molar-refractivity contribution < 1.29 is 0 Å². The first-order valence-corrected chi connectivity index (χ1v) is 6.99. The van der Waals surface area contributed by atoms with Crippen LogP contribution in [0.3, 0.4) is 0 Å². The van der Waals surface area contributed by atoms with Crippen LogP contribution >= 0.6 is 0 Å². The molecule has 1 aliphatic heterocycles. The van der Waals surface area contributed by atoms with E-state index in [0.29, 0.717) is 0 Å². The van der Waals surface area contributed by atoms with Crippen LogP contribution in [-0.2, 0) is 0 Å². The fraction of sp³-hybridized carbons (Fsp3) is 0.600. The highest BCUT2D eigenvalue weighted by Gasteiger charge is 2.10. The number of piperidine rings is 1. The molecule has 1 saturated heterocycles. The van der Waals surface area contributed by atoms with Crippen molar-refractivity contribution >= 4 is 11.4 Å². The quantitative estimate of drug-likeness (QED) is 0.863. The summed E-state index contributed by atoms with van der Waals surface area (Å²) in [7, 11) is 4.20. The van der Waals surface area contributed by atoms with Crippen LogP contribution < -0.4 is 10.2 Å². The first kappa shape index (κ1) is 13.2. The highest BCUT2D eigenvalue weighted by molar-refractivity contribution is 5.55. The van der Waals surface area contributed by atoms with Crippen LogP contribution in [0.5, 0.6) is 0 Å². The normalized spacial score (nSPS) is 16.1. The van der Waals surface area contributed by atoms with Gasteiger partial charge in [0.15, 0.2) is 0 Å². The molecule has 0 radical (unpaired) electrons. The van der Waals surface area contributed by atoms with Crippen LogP contribution in [0, 0.1) is 0 Å². The molecule has 1 heterocycles. The maximum Gasteiger partial charge on any atom is 0.0367 e. The van der Waals surface area contributed by atoms with Gasteiger partial charge >= 0.3 is 0 Å². The molecule has 1 aromatic rings. The van der Waals surface area contributed by atoms with E-state index in [1.54, 1.807) is 0 Å². The van der Waals surface area contributed by atoms with Crippen LogP contribution in [0.15, 0.2) is 24.3 Å². The Morgan fingerprint density at radius 2 is 1.72 bits per heavy atom. The zero-order chi connectivity index (χ0) is 12.8. The summed E-state index contributed by atoms with van der Waals surface area (Å²) in [4.78, 5) is 4.68. The Morgan fingerprint density at radius 3 is 2.33 bits per heavy atom. The maximum atomic E-state index is 3.45. The van der Waals surface area contributed by atoms with E-state index in [-0.39, 0.29) is 0 Å². The summed E-state index contributed by atoms with van der Waals surface area (Å²) < 4.78 is 0. The molecule has 0 amide bonds. The number of benzene rings is 1. The number of nitrogens with one attached hydrogen (secondary N) is 1. The van der Waals surface area contributed by atoms with Gasteiger partial charge in [0, 0.05) is 37.6 Å². The Morgan fingerprint density at radius 1 is 1.06 bits per heavy atom. The molecule has 1 aromatic carbocycles. The molecule has 0 bridgehead atoms. The summed E-state index contributed by atoms with van der Waals surface area (Å²) >= 11 is 0. The topological polar surface area (TPSA) is 18.5 Å². The molecule has 1 fully saturated rings. The lowest BCUT2D eigenvalue weighted by Crippen LogP contribution is -2.29. The summed E-state index contributed by atoms with van der Waals surface area (Å²) in [6.07, 6.45) is 4.06. The Hall–Kier alpha value is -1.22. The molecule has 0 spiro atoms. The van der Waals surface area contributed by atoms with E-state index in [9.17, 15) is 0 Å². The highest BCUT2D eigenvalue weighted by Crippen LogP contribution is 2.21. The van der Waals surface area contributed by atoms with E-state index >= 15 is 0 Å². The van der Waals surface area contributed by atoms with Gasteiger partial charge in [-0.15, -0.1) is 0 Å². The van der Waals surface area contributed by atoms with Gasteiger partial charge in [-0.2, -0.15) is 0 Å². The number of hydrogen-bond donors (Lipinski definition) is 1. The monoisotopic (exact) mass is 247 g/mol. The average Bonchev–Trinajstić information content (AvgIpc) is 2.40. The van der Waals surface area contributed by atoms with Gasteiger partial charge in [-0.25, -0.2) is 0 Å². The lowest BCUT2D eigenvalue weighted by molar-refractivity contribution is 0.425. The van der Waals surface area contributed by atoms with Crippen molar-refractivity contribution in [2.45, 2.75) is 19.3 Å². The van der Waals surface area contributed by atoms with E-state index in [4.69, 9.17) is 0 Å². The Kier molecular flexibility index (Phi) is 4.88. The van der Waals surface area contributed by atoms with Gasteiger partial charge in [0.25, 0.3) is 0 Å². The minimum Gasteiger partial charge on any atom is -0.384 e. The van der Waals surface area contributed by atoms with E-state index in [2.05, 4.69) is 53.5 Å². The van der Waals surface area contributed by atoms with Crippen LogP contribution in [0.2, 0.25) is 0 Å². The number of rotatable bonds is 5. The third-order valence-corrected chi connectivity index (χ3v) is 3.48. The van der Waals surface area contributed by atoms with Crippen molar-refractivity contribution in [3.63, 3.8) is 0 Å². The Bertz CT molecular complexity index is 339. The molecule has 3 nitrogen and oxygen atoms in total. The molecule has 0 aromatic heterocycles. The third-order valence-electron chi connectivity index (χ3n) is 3.48. The van der Waals surface area contributed by atoms with Crippen molar-refractivity contribution in [2.24, 2.45) is 0 Å². The van der Waals surface area contributed by atoms with Gasteiger partial charge in [-0.3, -0.25) is 0 Å². The second-order valence-electron chi connectivity index (χ2n) is 5.32. The minimum atomic E-state index is 0.996. The molecule has 0 saturated carbocycles. The Balaban J connectivity index is 1.84. The van der Waals surface area contributed by atoms with E-state index in [1.165, 1.54) is 43.7 Å². The molecule has 1 aliphatic rings. The number of hydrogen-bond acceptors (Lipinski definition) is 3. The van der Waals surface area contributed by atoms with Crippen LogP contribution in [0.4, 0.5) is 11.4 Å². The van der Waals surface area contributed by atoms with Crippen molar-refractivity contribution in [3.05, 3.63) is 24.3 Å². The van der Waals surface area contributed by atoms with E-state index in [0.717, 1.165) is 13.1 Å². The van der Waals surface area contributed by atoms with Crippen molar-refractivity contribution in [1.29, 1.82) is 0 Å². The molecule has 0 unspecified atom stereocenters. The van der Waals surface area contributed by atoms with Crippen molar-refractivity contribution in [3.8, 4) is 0 Å². The molecule has 100 valence electrons. The summed E-state index contributed by atoms with van der Waals surface area (Å²) in [6, 6.07) is 8.87. The highest BCUT2D eigenvalue weighted by atomic mass is 15.1. The van der Waals surface area contributed by atoms with Crippen molar-refractivity contribution in [1.82, 2.24) is 4.90 Å². The summed E-state index contributed by atoms with van der Waals surface area (Å²) in [5, 5.41) is 3.45. The van der Waals surface area contributed by atoms with Gasteiger partial charge in [0.05, 0.1) is 0 Å². The Labute approximate surface area is 111 Å². The molecule has 0 atom stereocenters. The van der Waals surface area contributed by atoms with E-state index in [1.807, 2.05) is 0 Å². The molecular formula is C15H25N3. The van der Waals surface area contributed by atoms with Gasteiger partial charge in [-0.05, 0) is 57.6 Å². The number of likely N-dealkylation sites (N-methyl/N-ethyl adjacent to an activating group) is 1. The fourth-order valence-corrected chi connectivity index (χ4v) is 2.37. The molecule has 1 N–H and O–H groups in total. The van der Waals surface area contributed by atoms with Crippen molar-refractivity contribution in [2.75, 3.05) is 50.5 Å². The summed E-state index contributed by atoms with van der Waals surface area (Å²) in [5.41, 5.74) is 2.59. The lowest BCUT2D eigenvalue weighted by atomic mass is 10.1. The van der Waals surface area contributed by atoms with Gasteiger partial charge in [0.2, 0.25) is 0 Å². The molecular weight excluding hydrogens is 222 g/mol.